The first-order valence-corrected chi connectivity index (χ1v) is 7.13. The lowest BCUT2D eigenvalue weighted by Gasteiger charge is -2.04. The number of pyridine rings is 1. The van der Waals surface area contributed by atoms with E-state index in [1.54, 1.807) is 0 Å². The highest BCUT2D eigenvalue weighted by Gasteiger charge is 2.19. The van der Waals surface area contributed by atoms with Crippen molar-refractivity contribution in [2.24, 2.45) is 7.05 Å². The van der Waals surface area contributed by atoms with Crippen molar-refractivity contribution in [2.45, 2.75) is 19.6 Å². The van der Waals surface area contributed by atoms with Crippen LogP contribution in [0, 0.1) is 0 Å². The number of aryl methyl sites for hydroxylation is 1. The Kier molecular flexibility index (Phi) is 2.86. The summed E-state index contributed by atoms with van der Waals surface area (Å²) in [6.45, 7) is 2.44. The molecule has 0 radical (unpaired) electrons. The van der Waals surface area contributed by atoms with Crippen molar-refractivity contribution < 1.29 is 0 Å². The lowest BCUT2D eigenvalue weighted by molar-refractivity contribution is 0.650. The van der Waals surface area contributed by atoms with Crippen molar-refractivity contribution in [2.75, 3.05) is 0 Å². The molecule has 0 saturated heterocycles. The molecule has 0 fully saturated rings. The lowest BCUT2D eigenvalue weighted by atomic mass is 10.1. The Labute approximate surface area is 123 Å². The fraction of sp³-hybridized carbons (Fsp3) is 0.250. The molecule has 4 heterocycles. The van der Waals surface area contributed by atoms with E-state index in [9.17, 15) is 0 Å². The van der Waals surface area contributed by atoms with Gasteiger partial charge in [-0.2, -0.15) is 5.10 Å². The molecule has 0 atom stereocenters. The minimum atomic E-state index is 0.704. The fourth-order valence-corrected chi connectivity index (χ4v) is 2.87. The molecule has 0 aliphatic carbocycles. The van der Waals surface area contributed by atoms with Gasteiger partial charge in [-0.1, -0.05) is 6.07 Å². The molecule has 5 nitrogen and oxygen atoms in total. The molecule has 3 aromatic heterocycles. The highest BCUT2D eigenvalue weighted by molar-refractivity contribution is 5.66. The van der Waals surface area contributed by atoms with Crippen molar-refractivity contribution >= 4 is 0 Å². The van der Waals surface area contributed by atoms with Gasteiger partial charge in [-0.3, -0.25) is 9.67 Å². The van der Waals surface area contributed by atoms with Gasteiger partial charge in [0.15, 0.2) is 0 Å². The zero-order chi connectivity index (χ0) is 14.2. The summed E-state index contributed by atoms with van der Waals surface area (Å²) in [7, 11) is 2.08. The maximum atomic E-state index is 4.78. The number of hydrogen-bond donors (Lipinski definition) is 1. The van der Waals surface area contributed by atoms with Crippen LogP contribution in [0.1, 0.15) is 17.0 Å². The summed E-state index contributed by atoms with van der Waals surface area (Å²) in [6, 6.07) is 8.12. The first-order chi connectivity index (χ1) is 10.3. The predicted octanol–water partition coefficient (Wildman–Crippen LogP) is 1.94. The maximum absolute atomic E-state index is 4.78. The van der Waals surface area contributed by atoms with E-state index in [0.717, 1.165) is 24.5 Å². The minimum Gasteiger partial charge on any atom is -0.353 e. The average molecular weight is 279 g/mol. The molecule has 5 heteroatoms. The lowest BCUT2D eigenvalue weighted by Crippen LogP contribution is -2.13. The number of nitrogens with zero attached hydrogens (tertiary/aromatic N) is 4. The third-order valence-electron chi connectivity index (χ3n) is 3.95. The smallest absolute Gasteiger partial charge is 0.0986 e. The molecule has 1 aliphatic heterocycles. The highest BCUT2D eigenvalue weighted by atomic mass is 15.3. The highest BCUT2D eigenvalue weighted by Crippen LogP contribution is 2.29. The van der Waals surface area contributed by atoms with Gasteiger partial charge in [-0.05, 0) is 18.2 Å². The zero-order valence-corrected chi connectivity index (χ0v) is 12.0. The second kappa shape index (κ2) is 4.86. The Balaban J connectivity index is 1.73. The number of fused-ring (bicyclic) bond motifs is 3. The Hall–Kier alpha value is -2.40. The summed E-state index contributed by atoms with van der Waals surface area (Å²) in [5, 5.41) is 8.26. The van der Waals surface area contributed by atoms with Crippen LogP contribution in [0.15, 0.2) is 42.9 Å². The zero-order valence-electron chi connectivity index (χ0n) is 12.0. The van der Waals surface area contributed by atoms with Crippen LogP contribution in [-0.2, 0) is 26.7 Å². The standard InChI is InChI=1S/C16H17N5/c1-20-7-5-14-15(20)9-17-8-12-10-21(19-16(12)14)11-13-4-2-3-6-18-13/h2-7,10,17H,8-9,11H2,1H3. The molecule has 21 heavy (non-hydrogen) atoms. The fourth-order valence-electron chi connectivity index (χ4n) is 2.87. The second-order valence-corrected chi connectivity index (χ2v) is 5.41. The van der Waals surface area contributed by atoms with Crippen molar-refractivity contribution in [3.63, 3.8) is 0 Å². The van der Waals surface area contributed by atoms with Gasteiger partial charge in [0, 0.05) is 55.5 Å². The van der Waals surface area contributed by atoms with Crippen LogP contribution in [0.2, 0.25) is 0 Å². The first kappa shape index (κ1) is 12.3. The number of aromatic nitrogens is 4. The molecule has 1 N–H and O–H groups in total. The third kappa shape index (κ3) is 2.15. The summed E-state index contributed by atoms with van der Waals surface area (Å²) in [5.41, 5.74) is 5.88. The molecule has 0 unspecified atom stereocenters. The molecular formula is C16H17N5. The van der Waals surface area contributed by atoms with Crippen LogP contribution in [0.4, 0.5) is 0 Å². The molecule has 0 bridgehead atoms. The van der Waals surface area contributed by atoms with E-state index in [4.69, 9.17) is 5.10 Å². The van der Waals surface area contributed by atoms with Gasteiger partial charge < -0.3 is 9.88 Å². The molecule has 0 aromatic carbocycles. The number of hydrogen-bond acceptors (Lipinski definition) is 3. The minimum absolute atomic E-state index is 0.704. The summed E-state index contributed by atoms with van der Waals surface area (Å²) < 4.78 is 4.14. The quantitative estimate of drug-likeness (QED) is 0.780. The normalized spacial score (nSPS) is 13.6. The number of rotatable bonds is 2. The summed E-state index contributed by atoms with van der Waals surface area (Å²) in [4.78, 5) is 4.37. The average Bonchev–Trinajstić information content (AvgIpc) is 3.00. The van der Waals surface area contributed by atoms with Crippen LogP contribution in [0.3, 0.4) is 0 Å². The Bertz CT molecular complexity index is 769. The van der Waals surface area contributed by atoms with E-state index in [0.29, 0.717) is 6.54 Å². The summed E-state index contributed by atoms with van der Waals surface area (Å²) >= 11 is 0. The van der Waals surface area contributed by atoms with Crippen LogP contribution in [-0.4, -0.2) is 19.3 Å². The van der Waals surface area contributed by atoms with Gasteiger partial charge in [0.25, 0.3) is 0 Å². The van der Waals surface area contributed by atoms with Crippen LogP contribution in [0.5, 0.6) is 0 Å². The van der Waals surface area contributed by atoms with Gasteiger partial charge in [-0.25, -0.2) is 0 Å². The van der Waals surface area contributed by atoms with E-state index >= 15 is 0 Å². The Morgan fingerprint density at radius 3 is 3.05 bits per heavy atom. The van der Waals surface area contributed by atoms with Gasteiger partial charge in [0.2, 0.25) is 0 Å². The van der Waals surface area contributed by atoms with Crippen molar-refractivity contribution in [3.8, 4) is 11.3 Å². The van der Waals surface area contributed by atoms with E-state index in [1.807, 2.05) is 29.1 Å². The van der Waals surface area contributed by atoms with Crippen molar-refractivity contribution in [3.05, 3.63) is 59.8 Å². The topological polar surface area (TPSA) is 47.7 Å². The van der Waals surface area contributed by atoms with Crippen LogP contribution < -0.4 is 5.32 Å². The summed E-state index contributed by atoms with van der Waals surface area (Å²) in [5.74, 6) is 0. The molecule has 3 aromatic rings. The van der Waals surface area contributed by atoms with E-state index in [2.05, 4.69) is 40.4 Å². The monoisotopic (exact) mass is 279 g/mol. The Morgan fingerprint density at radius 1 is 1.24 bits per heavy atom. The molecule has 0 amide bonds. The maximum Gasteiger partial charge on any atom is 0.0986 e. The van der Waals surface area contributed by atoms with E-state index < -0.39 is 0 Å². The van der Waals surface area contributed by atoms with Crippen LogP contribution in [0.25, 0.3) is 11.3 Å². The second-order valence-electron chi connectivity index (χ2n) is 5.41. The van der Waals surface area contributed by atoms with Gasteiger partial charge in [0.05, 0.1) is 17.9 Å². The molecule has 0 spiro atoms. The molecule has 4 rings (SSSR count). The van der Waals surface area contributed by atoms with Gasteiger partial charge in [0.1, 0.15) is 0 Å². The predicted molar refractivity (Wildman–Crippen MR) is 80.5 cm³/mol. The number of nitrogens with one attached hydrogen (secondary N) is 1. The van der Waals surface area contributed by atoms with E-state index in [1.165, 1.54) is 16.8 Å². The molecule has 0 saturated carbocycles. The molecule has 1 aliphatic rings. The third-order valence-corrected chi connectivity index (χ3v) is 3.95. The van der Waals surface area contributed by atoms with Gasteiger partial charge >= 0.3 is 0 Å². The van der Waals surface area contributed by atoms with Gasteiger partial charge in [-0.15, -0.1) is 0 Å². The summed E-state index contributed by atoms with van der Waals surface area (Å²) in [6.07, 6.45) is 6.04. The van der Waals surface area contributed by atoms with E-state index in [-0.39, 0.29) is 0 Å². The SMILES string of the molecule is Cn1ccc2c1CNCc1cn(Cc3ccccn3)nc1-2. The van der Waals surface area contributed by atoms with Crippen molar-refractivity contribution in [1.82, 2.24) is 24.6 Å². The van der Waals surface area contributed by atoms with Crippen LogP contribution >= 0.6 is 0 Å². The molecule has 106 valence electrons. The largest absolute Gasteiger partial charge is 0.353 e. The first-order valence-electron chi connectivity index (χ1n) is 7.13. The van der Waals surface area contributed by atoms with Crippen molar-refractivity contribution in [1.29, 1.82) is 0 Å². The Morgan fingerprint density at radius 2 is 2.19 bits per heavy atom. The molecular weight excluding hydrogens is 262 g/mol.